The lowest BCUT2D eigenvalue weighted by atomic mass is 10.0. The molecule has 0 saturated heterocycles. The molecule has 0 heteroatoms. The van der Waals surface area contributed by atoms with Crippen LogP contribution in [0, 0.1) is 25.7 Å². The quantitative estimate of drug-likeness (QED) is 0.150. The molecule has 0 aromatic rings. The van der Waals surface area contributed by atoms with E-state index in [0.29, 0.717) is 0 Å². The lowest BCUT2D eigenvalue weighted by Gasteiger charge is -2.03. The van der Waals surface area contributed by atoms with Crippen molar-refractivity contribution in [1.29, 1.82) is 0 Å². The summed E-state index contributed by atoms with van der Waals surface area (Å²) < 4.78 is 0. The minimum atomic E-state index is 0.949. The topological polar surface area (TPSA) is 0 Å². The molecule has 0 aliphatic rings. The minimum Gasteiger partial charge on any atom is -0.103 e. The van der Waals surface area contributed by atoms with E-state index in [1.165, 1.54) is 116 Å². The van der Waals surface area contributed by atoms with Gasteiger partial charge in [-0.2, -0.15) is 0 Å². The SMILES string of the molecule is [CH2]CCC#CCCCCCCCCCCCCCCCCCCCC[CH2]. The van der Waals surface area contributed by atoms with Gasteiger partial charge in [-0.05, 0) is 12.8 Å². The van der Waals surface area contributed by atoms with Gasteiger partial charge < -0.3 is 0 Å². The third-order valence-electron chi connectivity index (χ3n) is 5.23. The fraction of sp³-hybridized carbons (Fsp3) is 0.846. The Hall–Kier alpha value is -0.440. The standard InChI is InChI=1S/C26H48/c1-3-5-7-9-11-13-15-17-19-21-23-25-26-24-22-20-18-16-14-12-10-8-6-4-2/h1-7,9,11-26H2. The van der Waals surface area contributed by atoms with Gasteiger partial charge in [0.1, 0.15) is 0 Å². The van der Waals surface area contributed by atoms with Crippen LogP contribution in [-0.2, 0) is 0 Å². The molecule has 0 rings (SSSR count). The van der Waals surface area contributed by atoms with Gasteiger partial charge in [0.2, 0.25) is 0 Å². The summed E-state index contributed by atoms with van der Waals surface area (Å²) in [7, 11) is 0. The maximum Gasteiger partial charge on any atom is 0.00886 e. The molecule has 0 fully saturated rings. The molecule has 0 nitrogen and oxygen atoms in total. The Bertz CT molecular complexity index is 293. The maximum atomic E-state index is 3.90. The minimum absolute atomic E-state index is 0.949. The zero-order valence-corrected chi connectivity index (χ0v) is 18.0. The predicted octanol–water partition coefficient (Wildman–Crippen LogP) is 9.24. The smallest absolute Gasteiger partial charge is 0.00886 e. The number of rotatable bonds is 20. The molecule has 0 unspecified atom stereocenters. The van der Waals surface area contributed by atoms with E-state index in [2.05, 4.69) is 25.7 Å². The van der Waals surface area contributed by atoms with Gasteiger partial charge in [0.05, 0.1) is 0 Å². The molecule has 0 N–H and O–H groups in total. The molecule has 152 valence electrons. The van der Waals surface area contributed by atoms with E-state index in [0.717, 1.165) is 25.7 Å². The average molecular weight is 361 g/mol. The van der Waals surface area contributed by atoms with E-state index in [1.807, 2.05) is 0 Å². The van der Waals surface area contributed by atoms with Crippen LogP contribution in [-0.4, -0.2) is 0 Å². The van der Waals surface area contributed by atoms with Crippen LogP contribution >= 0.6 is 0 Å². The normalized spacial score (nSPS) is 10.7. The first kappa shape index (κ1) is 25.6. The molecule has 2 radical (unpaired) electrons. The number of hydrogen-bond donors (Lipinski definition) is 0. The van der Waals surface area contributed by atoms with Crippen molar-refractivity contribution in [2.24, 2.45) is 0 Å². The van der Waals surface area contributed by atoms with Crippen molar-refractivity contribution in [1.82, 2.24) is 0 Å². The largest absolute Gasteiger partial charge is 0.103 e. The summed E-state index contributed by atoms with van der Waals surface area (Å²) >= 11 is 0. The summed E-state index contributed by atoms with van der Waals surface area (Å²) in [6.45, 7) is 7.71. The third-order valence-corrected chi connectivity index (χ3v) is 5.23. The van der Waals surface area contributed by atoms with Gasteiger partial charge in [0, 0.05) is 12.8 Å². The summed E-state index contributed by atoms with van der Waals surface area (Å²) in [6.07, 6.45) is 29.9. The second-order valence-electron chi connectivity index (χ2n) is 7.92. The van der Waals surface area contributed by atoms with Gasteiger partial charge in [-0.15, -0.1) is 11.8 Å². The first-order valence-corrected chi connectivity index (χ1v) is 12.0. The Morgan fingerprint density at radius 1 is 0.308 bits per heavy atom. The van der Waals surface area contributed by atoms with Crippen LogP contribution in [0.15, 0.2) is 0 Å². The Morgan fingerprint density at radius 2 is 0.615 bits per heavy atom. The lowest BCUT2D eigenvalue weighted by molar-refractivity contribution is 0.524. The Kier molecular flexibility index (Phi) is 24.1. The Morgan fingerprint density at radius 3 is 0.962 bits per heavy atom. The van der Waals surface area contributed by atoms with Crippen LogP contribution in [0.5, 0.6) is 0 Å². The molecular formula is C26H48. The van der Waals surface area contributed by atoms with Gasteiger partial charge in [-0.3, -0.25) is 0 Å². The Balaban J connectivity index is 3.00. The first-order chi connectivity index (χ1) is 12.9. The zero-order chi connectivity index (χ0) is 19.0. The van der Waals surface area contributed by atoms with E-state index in [9.17, 15) is 0 Å². The molecule has 0 aliphatic heterocycles. The summed E-state index contributed by atoms with van der Waals surface area (Å²) in [4.78, 5) is 0. The van der Waals surface area contributed by atoms with Gasteiger partial charge >= 0.3 is 0 Å². The number of unbranched alkanes of at least 4 members (excludes halogenated alkanes) is 20. The molecule has 0 atom stereocenters. The monoisotopic (exact) mass is 360 g/mol. The highest BCUT2D eigenvalue weighted by molar-refractivity contribution is 4.98. The molecule has 0 saturated carbocycles. The zero-order valence-electron chi connectivity index (χ0n) is 18.0. The summed E-state index contributed by atoms with van der Waals surface area (Å²) in [5.41, 5.74) is 0. The van der Waals surface area contributed by atoms with Crippen molar-refractivity contribution >= 4 is 0 Å². The molecule has 0 bridgehead atoms. The van der Waals surface area contributed by atoms with E-state index >= 15 is 0 Å². The molecule has 0 spiro atoms. The van der Waals surface area contributed by atoms with E-state index < -0.39 is 0 Å². The summed E-state index contributed by atoms with van der Waals surface area (Å²) in [6, 6.07) is 0. The van der Waals surface area contributed by atoms with E-state index in [4.69, 9.17) is 0 Å². The average Bonchev–Trinajstić information content (AvgIpc) is 2.66. The second kappa shape index (κ2) is 24.6. The van der Waals surface area contributed by atoms with Crippen LogP contribution in [0.4, 0.5) is 0 Å². The van der Waals surface area contributed by atoms with Crippen LogP contribution in [0.25, 0.3) is 0 Å². The van der Waals surface area contributed by atoms with Crippen molar-refractivity contribution in [2.75, 3.05) is 0 Å². The predicted molar refractivity (Wildman–Crippen MR) is 120 cm³/mol. The van der Waals surface area contributed by atoms with Crippen LogP contribution in [0.2, 0.25) is 0 Å². The van der Waals surface area contributed by atoms with Gasteiger partial charge in [-0.25, -0.2) is 0 Å². The van der Waals surface area contributed by atoms with E-state index in [-0.39, 0.29) is 0 Å². The second-order valence-corrected chi connectivity index (χ2v) is 7.92. The highest BCUT2D eigenvalue weighted by Gasteiger charge is 1.95. The highest BCUT2D eigenvalue weighted by Crippen LogP contribution is 2.14. The first-order valence-electron chi connectivity index (χ1n) is 12.0. The molecule has 0 aliphatic carbocycles. The van der Waals surface area contributed by atoms with Gasteiger partial charge in [-0.1, -0.05) is 129 Å². The fourth-order valence-corrected chi connectivity index (χ4v) is 3.48. The lowest BCUT2D eigenvalue weighted by Crippen LogP contribution is -1.84. The highest BCUT2D eigenvalue weighted by atomic mass is 14.0. The molecule has 0 amide bonds. The summed E-state index contributed by atoms with van der Waals surface area (Å²) in [5, 5.41) is 0. The van der Waals surface area contributed by atoms with Crippen molar-refractivity contribution in [2.45, 2.75) is 141 Å². The maximum absolute atomic E-state index is 3.90. The van der Waals surface area contributed by atoms with Gasteiger partial charge in [0.25, 0.3) is 0 Å². The molecular weight excluding hydrogens is 312 g/mol. The van der Waals surface area contributed by atoms with Gasteiger partial charge in [0.15, 0.2) is 0 Å². The van der Waals surface area contributed by atoms with Crippen molar-refractivity contribution in [3.05, 3.63) is 13.8 Å². The van der Waals surface area contributed by atoms with E-state index in [1.54, 1.807) is 0 Å². The van der Waals surface area contributed by atoms with Crippen LogP contribution in [0.3, 0.4) is 0 Å². The fourth-order valence-electron chi connectivity index (χ4n) is 3.48. The summed E-state index contributed by atoms with van der Waals surface area (Å²) in [5.74, 6) is 6.43. The Labute approximate surface area is 167 Å². The molecule has 0 aromatic heterocycles. The molecule has 0 heterocycles. The van der Waals surface area contributed by atoms with Crippen molar-refractivity contribution < 1.29 is 0 Å². The molecule has 0 aromatic carbocycles. The van der Waals surface area contributed by atoms with Crippen molar-refractivity contribution in [3.8, 4) is 11.8 Å². The van der Waals surface area contributed by atoms with Crippen LogP contribution in [0.1, 0.15) is 141 Å². The molecule has 26 heavy (non-hydrogen) atoms. The number of hydrogen-bond acceptors (Lipinski definition) is 0. The van der Waals surface area contributed by atoms with Crippen LogP contribution < -0.4 is 0 Å². The third kappa shape index (κ3) is 23.6. The van der Waals surface area contributed by atoms with Crippen molar-refractivity contribution in [3.63, 3.8) is 0 Å².